The maximum atomic E-state index is 5.18. The highest BCUT2D eigenvalue weighted by molar-refractivity contribution is 5.51. The Morgan fingerprint density at radius 1 is 1.25 bits per heavy atom. The van der Waals surface area contributed by atoms with E-state index in [4.69, 9.17) is 4.42 Å². The number of hydrogen-bond donors (Lipinski definition) is 0. The lowest BCUT2D eigenvalue weighted by Crippen LogP contribution is -1.80. The second kappa shape index (κ2) is 2.81. The van der Waals surface area contributed by atoms with Gasteiger partial charge in [-0.3, -0.25) is 4.98 Å². The number of rotatable bonds is 1. The van der Waals surface area contributed by atoms with Gasteiger partial charge in [-0.1, -0.05) is 6.07 Å². The molecule has 0 aliphatic heterocycles. The lowest BCUT2D eigenvalue weighted by Gasteiger charge is -1.95. The minimum Gasteiger partial charge on any atom is -0.463 e. The average molecular weight is 158 g/mol. The van der Waals surface area contributed by atoms with Crippen LogP contribution in [0.3, 0.4) is 0 Å². The average Bonchev–Trinajstić information content (AvgIpc) is 2.58. The Balaban J connectivity index is 2.43. The molecule has 0 fully saturated rings. The highest BCUT2D eigenvalue weighted by Gasteiger charge is 1.99. The molecule has 0 aromatic carbocycles. The molecule has 2 heteroatoms. The fraction of sp³-hybridized carbons (Fsp3) is 0. The summed E-state index contributed by atoms with van der Waals surface area (Å²) in [5.74, 6) is 0.787. The van der Waals surface area contributed by atoms with Crippen LogP contribution in [-0.2, 0) is 0 Å². The predicted octanol–water partition coefficient (Wildman–Crippen LogP) is 2.52. The topological polar surface area (TPSA) is 26.0 Å². The fourth-order valence-electron chi connectivity index (χ4n) is 0.995. The van der Waals surface area contributed by atoms with Crippen LogP contribution in [0.2, 0.25) is 0 Å². The third-order valence-corrected chi connectivity index (χ3v) is 1.60. The molecule has 0 atom stereocenters. The minimum atomic E-state index is 0.787. The molecule has 0 amide bonds. The molecule has 12 heavy (non-hydrogen) atoms. The molecule has 1 radical (unpaired) electrons. The van der Waals surface area contributed by atoms with E-state index in [-0.39, 0.29) is 0 Å². The minimum absolute atomic E-state index is 0.787. The van der Waals surface area contributed by atoms with Gasteiger partial charge >= 0.3 is 0 Å². The molecule has 2 rings (SSSR count). The zero-order valence-electron chi connectivity index (χ0n) is 6.53. The van der Waals surface area contributed by atoms with Gasteiger partial charge in [0.05, 0.1) is 6.26 Å². The van der Waals surface area contributed by atoms with E-state index in [0.717, 1.165) is 17.0 Å². The van der Waals surface area contributed by atoms with Crippen molar-refractivity contribution >= 4 is 0 Å². The molecule has 59 valence electrons. The maximum Gasteiger partial charge on any atom is 0.152 e. The molecular formula is C10H8NO. The van der Waals surface area contributed by atoms with Crippen LogP contribution in [0.1, 0.15) is 5.56 Å². The van der Waals surface area contributed by atoms with Crippen molar-refractivity contribution in [2.45, 2.75) is 0 Å². The third kappa shape index (κ3) is 1.23. The van der Waals surface area contributed by atoms with E-state index in [0.29, 0.717) is 0 Å². The highest BCUT2D eigenvalue weighted by Crippen LogP contribution is 2.16. The molecule has 0 aliphatic carbocycles. The number of aromatic nitrogens is 1. The quantitative estimate of drug-likeness (QED) is 0.637. The normalized spacial score (nSPS) is 10.1. The Labute approximate surface area is 70.9 Å². The van der Waals surface area contributed by atoms with E-state index >= 15 is 0 Å². The zero-order valence-corrected chi connectivity index (χ0v) is 6.53. The van der Waals surface area contributed by atoms with Crippen LogP contribution in [0.25, 0.3) is 11.5 Å². The van der Waals surface area contributed by atoms with Crippen molar-refractivity contribution < 1.29 is 4.42 Å². The van der Waals surface area contributed by atoms with Crippen molar-refractivity contribution in [3.63, 3.8) is 0 Å². The molecule has 0 saturated heterocycles. The lowest BCUT2D eigenvalue weighted by atomic mass is 10.2. The molecule has 0 unspecified atom stereocenters. The molecular weight excluding hydrogens is 150 g/mol. The summed E-state index contributed by atoms with van der Waals surface area (Å²) < 4.78 is 5.18. The van der Waals surface area contributed by atoms with Crippen molar-refractivity contribution in [2.24, 2.45) is 0 Å². The van der Waals surface area contributed by atoms with Crippen LogP contribution < -0.4 is 0 Å². The molecule has 0 N–H and O–H groups in total. The first kappa shape index (κ1) is 7.10. The predicted molar refractivity (Wildman–Crippen MR) is 46.4 cm³/mol. The van der Waals surface area contributed by atoms with Crippen molar-refractivity contribution in [3.8, 4) is 11.5 Å². The summed E-state index contributed by atoms with van der Waals surface area (Å²) in [6, 6.07) is 7.52. The van der Waals surface area contributed by atoms with Gasteiger partial charge in [0.1, 0.15) is 5.69 Å². The first-order valence-electron chi connectivity index (χ1n) is 3.68. The summed E-state index contributed by atoms with van der Waals surface area (Å²) in [6.45, 7) is 3.75. The van der Waals surface area contributed by atoms with Gasteiger partial charge in [0, 0.05) is 6.20 Å². The van der Waals surface area contributed by atoms with Gasteiger partial charge in [0.2, 0.25) is 0 Å². The Bertz CT molecular complexity index is 348. The monoisotopic (exact) mass is 158 g/mol. The van der Waals surface area contributed by atoms with E-state index in [1.165, 1.54) is 0 Å². The summed E-state index contributed by atoms with van der Waals surface area (Å²) in [6.07, 6.45) is 3.35. The van der Waals surface area contributed by atoms with E-state index in [9.17, 15) is 0 Å². The van der Waals surface area contributed by atoms with E-state index in [1.54, 1.807) is 12.5 Å². The van der Waals surface area contributed by atoms with Gasteiger partial charge in [-0.15, -0.1) is 0 Å². The van der Waals surface area contributed by atoms with Crippen LogP contribution in [-0.4, -0.2) is 4.98 Å². The molecule has 2 nitrogen and oxygen atoms in total. The Hall–Kier alpha value is -1.57. The summed E-state index contributed by atoms with van der Waals surface area (Å²) in [5.41, 5.74) is 1.75. The summed E-state index contributed by atoms with van der Waals surface area (Å²) >= 11 is 0. The molecule has 2 heterocycles. The van der Waals surface area contributed by atoms with Gasteiger partial charge in [-0.2, -0.15) is 0 Å². The van der Waals surface area contributed by atoms with Gasteiger partial charge in [-0.05, 0) is 30.7 Å². The maximum absolute atomic E-state index is 5.18. The Kier molecular flexibility index (Phi) is 1.67. The summed E-state index contributed by atoms with van der Waals surface area (Å²) in [7, 11) is 0. The molecule has 2 aromatic heterocycles. The van der Waals surface area contributed by atoms with Crippen molar-refractivity contribution in [1.29, 1.82) is 0 Å². The van der Waals surface area contributed by atoms with E-state index in [1.807, 2.05) is 24.3 Å². The lowest BCUT2D eigenvalue weighted by molar-refractivity contribution is 0.580. The number of hydrogen-bond acceptors (Lipinski definition) is 2. The van der Waals surface area contributed by atoms with Crippen molar-refractivity contribution in [2.75, 3.05) is 0 Å². The smallest absolute Gasteiger partial charge is 0.152 e. The Morgan fingerprint density at radius 2 is 2.17 bits per heavy atom. The molecule has 0 aliphatic rings. The van der Waals surface area contributed by atoms with Gasteiger partial charge < -0.3 is 4.42 Å². The number of furan rings is 1. The molecule has 0 spiro atoms. The van der Waals surface area contributed by atoms with Crippen LogP contribution in [0.4, 0.5) is 0 Å². The van der Waals surface area contributed by atoms with E-state index < -0.39 is 0 Å². The van der Waals surface area contributed by atoms with Crippen LogP contribution >= 0.6 is 0 Å². The zero-order chi connectivity index (χ0) is 8.39. The Morgan fingerprint density at radius 3 is 2.75 bits per heavy atom. The van der Waals surface area contributed by atoms with Gasteiger partial charge in [-0.25, -0.2) is 0 Å². The third-order valence-electron chi connectivity index (χ3n) is 1.60. The number of pyridine rings is 1. The van der Waals surface area contributed by atoms with Gasteiger partial charge in [0.25, 0.3) is 0 Å². The largest absolute Gasteiger partial charge is 0.463 e. The standard InChI is InChI=1S/C10H8NO/c1-8-4-5-9(11-7-8)10-3-2-6-12-10/h2-7H,1H2. The SMILES string of the molecule is [CH2]c1ccc(-c2ccco2)nc1. The van der Waals surface area contributed by atoms with Crippen molar-refractivity contribution in [1.82, 2.24) is 4.98 Å². The summed E-state index contributed by atoms with van der Waals surface area (Å²) in [4.78, 5) is 4.16. The molecule has 0 bridgehead atoms. The second-order valence-electron chi connectivity index (χ2n) is 2.53. The molecule has 2 aromatic rings. The second-order valence-corrected chi connectivity index (χ2v) is 2.53. The summed E-state index contributed by atoms with van der Waals surface area (Å²) in [5, 5.41) is 0. The first-order valence-corrected chi connectivity index (χ1v) is 3.68. The van der Waals surface area contributed by atoms with Crippen LogP contribution in [0, 0.1) is 6.92 Å². The number of nitrogens with zero attached hydrogens (tertiary/aromatic N) is 1. The molecule has 0 saturated carbocycles. The van der Waals surface area contributed by atoms with Crippen molar-refractivity contribution in [3.05, 3.63) is 49.2 Å². The van der Waals surface area contributed by atoms with Crippen LogP contribution in [0.5, 0.6) is 0 Å². The first-order chi connectivity index (χ1) is 5.86. The van der Waals surface area contributed by atoms with Gasteiger partial charge in [0.15, 0.2) is 5.76 Å². The van der Waals surface area contributed by atoms with E-state index in [2.05, 4.69) is 11.9 Å². The highest BCUT2D eigenvalue weighted by atomic mass is 16.3. The van der Waals surface area contributed by atoms with Crippen LogP contribution in [0.15, 0.2) is 41.1 Å². The fourth-order valence-corrected chi connectivity index (χ4v) is 0.995.